The molecule has 1 fully saturated rings. The molecule has 0 radical (unpaired) electrons. The average molecular weight is 349 g/mol. The molecule has 0 spiro atoms. The highest BCUT2D eigenvalue weighted by atomic mass is 16.4. The molecule has 0 bridgehead atoms. The van der Waals surface area contributed by atoms with Gasteiger partial charge in [0.15, 0.2) is 0 Å². The molecule has 1 saturated heterocycles. The predicted molar refractivity (Wildman–Crippen MR) is 99.0 cm³/mol. The molecule has 140 valence electrons. The molecule has 0 aromatic heterocycles. The Kier molecular flexibility index (Phi) is 9.80. The lowest BCUT2D eigenvalue weighted by Gasteiger charge is -2.18. The summed E-state index contributed by atoms with van der Waals surface area (Å²) in [6.07, 6.45) is 3.86. The molecular weight excluding hydrogens is 318 g/mol. The van der Waals surface area contributed by atoms with Crippen molar-refractivity contribution in [3.05, 3.63) is 35.9 Å². The third-order valence-corrected chi connectivity index (χ3v) is 4.48. The van der Waals surface area contributed by atoms with Gasteiger partial charge in [0.25, 0.3) is 0 Å². The normalized spacial score (nSPS) is 19.1. The van der Waals surface area contributed by atoms with Gasteiger partial charge in [-0.1, -0.05) is 57.0 Å². The largest absolute Gasteiger partial charge is 0.480 e. The van der Waals surface area contributed by atoms with E-state index in [1.807, 2.05) is 44.2 Å². The van der Waals surface area contributed by atoms with Gasteiger partial charge in [0.1, 0.15) is 6.04 Å². The molecule has 2 rings (SSSR count). The molecule has 5 N–H and O–H groups in total. The summed E-state index contributed by atoms with van der Waals surface area (Å²) >= 11 is 0. The van der Waals surface area contributed by atoms with Crippen molar-refractivity contribution in [2.24, 2.45) is 11.7 Å². The van der Waals surface area contributed by atoms with E-state index in [2.05, 4.69) is 10.6 Å². The van der Waals surface area contributed by atoms with Crippen LogP contribution in [-0.2, 0) is 16.1 Å². The quantitative estimate of drug-likeness (QED) is 0.628. The summed E-state index contributed by atoms with van der Waals surface area (Å²) in [6.45, 7) is 5.43. The lowest BCUT2D eigenvalue weighted by atomic mass is 9.99. The van der Waals surface area contributed by atoms with E-state index in [0.717, 1.165) is 37.8 Å². The number of benzene rings is 1. The Hall–Kier alpha value is -1.92. The van der Waals surface area contributed by atoms with Crippen molar-refractivity contribution >= 4 is 11.9 Å². The molecule has 0 saturated carbocycles. The van der Waals surface area contributed by atoms with Crippen LogP contribution < -0.4 is 16.4 Å². The van der Waals surface area contributed by atoms with Gasteiger partial charge in [-0.05, 0) is 30.9 Å². The van der Waals surface area contributed by atoms with Crippen LogP contribution >= 0.6 is 0 Å². The second-order valence-corrected chi connectivity index (χ2v) is 6.46. The summed E-state index contributed by atoms with van der Waals surface area (Å²) in [4.78, 5) is 22.0. The van der Waals surface area contributed by atoms with E-state index in [1.54, 1.807) is 0 Å². The molecule has 1 aromatic carbocycles. The minimum Gasteiger partial charge on any atom is -0.480 e. The van der Waals surface area contributed by atoms with E-state index >= 15 is 0 Å². The van der Waals surface area contributed by atoms with Crippen LogP contribution in [0.5, 0.6) is 0 Å². The number of rotatable bonds is 6. The Morgan fingerprint density at radius 2 is 2.00 bits per heavy atom. The highest BCUT2D eigenvalue weighted by molar-refractivity contribution is 5.81. The number of amides is 1. The fourth-order valence-electron chi connectivity index (χ4n) is 2.48. The molecular formula is C19H31N3O3. The monoisotopic (exact) mass is 349 g/mol. The van der Waals surface area contributed by atoms with Crippen molar-refractivity contribution in [1.82, 2.24) is 10.6 Å². The van der Waals surface area contributed by atoms with Crippen LogP contribution in [0.15, 0.2) is 30.3 Å². The van der Waals surface area contributed by atoms with Crippen molar-refractivity contribution in [3.8, 4) is 0 Å². The maximum atomic E-state index is 11.7. The molecule has 6 heteroatoms. The Morgan fingerprint density at radius 1 is 1.32 bits per heavy atom. The highest BCUT2D eigenvalue weighted by Gasteiger charge is 2.19. The van der Waals surface area contributed by atoms with E-state index in [1.165, 1.54) is 0 Å². The number of nitrogens with one attached hydrogen (secondary N) is 2. The van der Waals surface area contributed by atoms with Gasteiger partial charge >= 0.3 is 5.97 Å². The Balaban J connectivity index is 0.000000293. The third-order valence-electron chi connectivity index (χ3n) is 4.48. The maximum Gasteiger partial charge on any atom is 0.320 e. The number of hydrogen-bond acceptors (Lipinski definition) is 4. The summed E-state index contributed by atoms with van der Waals surface area (Å²) in [6, 6.07) is 9.14. The SMILES string of the molecule is CC[C@H](C)[C@H](N)C(=O)NCc1ccccc1.O=C(O)[C@@H]1CCCCN1. The molecule has 0 unspecified atom stereocenters. The Morgan fingerprint density at radius 3 is 2.48 bits per heavy atom. The summed E-state index contributed by atoms with van der Waals surface area (Å²) in [5.41, 5.74) is 6.91. The fourth-order valence-corrected chi connectivity index (χ4v) is 2.48. The van der Waals surface area contributed by atoms with Gasteiger partial charge in [-0.15, -0.1) is 0 Å². The van der Waals surface area contributed by atoms with Gasteiger partial charge < -0.3 is 21.5 Å². The summed E-state index contributed by atoms with van der Waals surface area (Å²) in [7, 11) is 0. The van der Waals surface area contributed by atoms with E-state index in [4.69, 9.17) is 10.8 Å². The third kappa shape index (κ3) is 8.14. The van der Waals surface area contributed by atoms with Gasteiger partial charge in [-0.25, -0.2) is 0 Å². The minimum atomic E-state index is -0.713. The number of carboxylic acid groups (broad SMARTS) is 1. The van der Waals surface area contributed by atoms with E-state index in [0.29, 0.717) is 6.54 Å². The number of carbonyl (C=O) groups is 2. The summed E-state index contributed by atoms with van der Waals surface area (Å²) < 4.78 is 0. The minimum absolute atomic E-state index is 0.0711. The van der Waals surface area contributed by atoms with Crippen molar-refractivity contribution in [2.75, 3.05) is 6.54 Å². The molecule has 6 nitrogen and oxygen atoms in total. The molecule has 1 aliphatic rings. The van der Waals surface area contributed by atoms with Crippen LogP contribution in [0.1, 0.15) is 45.1 Å². The molecule has 0 aliphatic carbocycles. The van der Waals surface area contributed by atoms with Crippen molar-refractivity contribution in [2.45, 2.75) is 58.2 Å². The van der Waals surface area contributed by atoms with Gasteiger partial charge in [0, 0.05) is 6.54 Å². The van der Waals surface area contributed by atoms with Crippen LogP contribution in [-0.4, -0.2) is 35.6 Å². The summed E-state index contributed by atoms with van der Waals surface area (Å²) in [5, 5.41) is 14.2. The number of carbonyl (C=O) groups excluding carboxylic acids is 1. The Labute approximate surface area is 150 Å². The van der Waals surface area contributed by atoms with Crippen LogP contribution in [0.3, 0.4) is 0 Å². The van der Waals surface area contributed by atoms with Crippen molar-refractivity contribution in [3.63, 3.8) is 0 Å². The molecule has 1 heterocycles. The standard InChI is InChI=1S/C13H20N2O.C6H11NO2/c1-3-10(2)12(14)13(16)15-9-11-7-5-4-6-8-11;8-6(9)5-3-1-2-4-7-5/h4-8,10,12H,3,9,14H2,1-2H3,(H,15,16);5,7H,1-4H2,(H,8,9)/t10-,12-;5-/m00/s1. The molecule has 25 heavy (non-hydrogen) atoms. The van der Waals surface area contributed by atoms with Crippen molar-refractivity contribution in [1.29, 1.82) is 0 Å². The smallest absolute Gasteiger partial charge is 0.320 e. The van der Waals surface area contributed by atoms with Gasteiger partial charge in [-0.2, -0.15) is 0 Å². The number of piperidine rings is 1. The van der Waals surface area contributed by atoms with Crippen LogP contribution in [0.4, 0.5) is 0 Å². The number of carboxylic acids is 1. The zero-order valence-electron chi connectivity index (χ0n) is 15.2. The lowest BCUT2D eigenvalue weighted by molar-refractivity contribution is -0.140. The first-order valence-corrected chi connectivity index (χ1v) is 8.99. The Bertz CT molecular complexity index is 516. The fraction of sp³-hybridized carbons (Fsp3) is 0.579. The van der Waals surface area contributed by atoms with Crippen LogP contribution in [0.25, 0.3) is 0 Å². The first kappa shape index (κ1) is 21.1. The summed E-state index contributed by atoms with van der Waals surface area (Å²) in [5.74, 6) is -0.566. The van der Waals surface area contributed by atoms with Crippen LogP contribution in [0.2, 0.25) is 0 Å². The molecule has 1 aromatic rings. The topological polar surface area (TPSA) is 104 Å². The highest BCUT2D eigenvalue weighted by Crippen LogP contribution is 2.06. The predicted octanol–water partition coefficient (Wildman–Crippen LogP) is 1.89. The first-order valence-electron chi connectivity index (χ1n) is 8.99. The molecule has 3 atom stereocenters. The van der Waals surface area contributed by atoms with Crippen molar-refractivity contribution < 1.29 is 14.7 Å². The zero-order valence-corrected chi connectivity index (χ0v) is 15.2. The number of nitrogens with two attached hydrogens (primary N) is 1. The lowest BCUT2D eigenvalue weighted by Crippen LogP contribution is -2.44. The molecule has 1 amide bonds. The average Bonchev–Trinajstić information content (AvgIpc) is 2.66. The van der Waals surface area contributed by atoms with E-state index in [-0.39, 0.29) is 17.9 Å². The van der Waals surface area contributed by atoms with E-state index in [9.17, 15) is 9.59 Å². The van der Waals surface area contributed by atoms with Gasteiger partial charge in [-0.3, -0.25) is 9.59 Å². The molecule has 1 aliphatic heterocycles. The van der Waals surface area contributed by atoms with Gasteiger partial charge in [0.2, 0.25) is 5.91 Å². The number of hydrogen-bond donors (Lipinski definition) is 4. The van der Waals surface area contributed by atoms with Crippen LogP contribution in [0, 0.1) is 5.92 Å². The second-order valence-electron chi connectivity index (χ2n) is 6.46. The first-order chi connectivity index (χ1) is 12.0. The number of aliphatic carboxylic acids is 1. The second kappa shape index (κ2) is 11.6. The zero-order chi connectivity index (χ0) is 18.7. The van der Waals surface area contributed by atoms with E-state index < -0.39 is 12.0 Å². The maximum absolute atomic E-state index is 11.7. The van der Waals surface area contributed by atoms with Gasteiger partial charge in [0.05, 0.1) is 6.04 Å².